The van der Waals surface area contributed by atoms with Crippen molar-refractivity contribution in [3.8, 4) is 5.75 Å². The first-order chi connectivity index (χ1) is 9.60. The summed E-state index contributed by atoms with van der Waals surface area (Å²) in [6.07, 6.45) is 0. The number of aromatic carboxylic acids is 1. The summed E-state index contributed by atoms with van der Waals surface area (Å²) < 4.78 is 15.3. The molecule has 0 radical (unpaired) electrons. The highest BCUT2D eigenvalue weighted by molar-refractivity contribution is 6.31. The number of carboxylic acid groups (broad SMARTS) is 1. The molecule has 1 aromatic rings. The summed E-state index contributed by atoms with van der Waals surface area (Å²) in [5.41, 5.74) is 0.619. The van der Waals surface area contributed by atoms with Gasteiger partial charge in [0.1, 0.15) is 11.3 Å². The van der Waals surface area contributed by atoms with Crippen molar-refractivity contribution in [3.05, 3.63) is 28.3 Å². The Hall–Kier alpha value is -1.30. The summed E-state index contributed by atoms with van der Waals surface area (Å²) in [6, 6.07) is 2.97. The third kappa shape index (κ3) is 5.77. The lowest BCUT2D eigenvalue weighted by Crippen LogP contribution is -2.07. The summed E-state index contributed by atoms with van der Waals surface area (Å²) >= 11 is 5.86. The van der Waals surface area contributed by atoms with Crippen molar-refractivity contribution in [1.29, 1.82) is 0 Å². The Morgan fingerprint density at radius 3 is 2.40 bits per heavy atom. The third-order valence-electron chi connectivity index (χ3n) is 2.25. The number of ether oxygens (including phenoxy) is 3. The normalized spacial score (nSPS) is 9.65. The second-order valence-corrected chi connectivity index (χ2v) is 3.93. The van der Waals surface area contributed by atoms with Crippen molar-refractivity contribution in [2.75, 3.05) is 27.4 Å². The Labute approximate surface area is 124 Å². The van der Waals surface area contributed by atoms with E-state index in [9.17, 15) is 4.79 Å². The van der Waals surface area contributed by atoms with Gasteiger partial charge in [-0.2, -0.15) is 0 Å². The summed E-state index contributed by atoms with van der Waals surface area (Å²) in [7, 11) is 2.99. The second-order valence-electron chi connectivity index (χ2n) is 3.50. The number of rotatable bonds is 7. The van der Waals surface area contributed by atoms with E-state index in [0.717, 1.165) is 0 Å². The van der Waals surface area contributed by atoms with E-state index in [2.05, 4.69) is 0 Å². The molecule has 114 valence electrons. The van der Waals surface area contributed by atoms with Gasteiger partial charge < -0.3 is 19.3 Å². The topological polar surface area (TPSA) is 65.0 Å². The van der Waals surface area contributed by atoms with Crippen molar-refractivity contribution < 1.29 is 24.1 Å². The maximum atomic E-state index is 11.1. The van der Waals surface area contributed by atoms with Crippen LogP contribution in [0, 0.1) is 0 Å². The van der Waals surface area contributed by atoms with Crippen LogP contribution in [0.15, 0.2) is 12.1 Å². The smallest absolute Gasteiger partial charge is 0.339 e. The molecule has 0 saturated heterocycles. The zero-order chi connectivity index (χ0) is 15.5. The van der Waals surface area contributed by atoms with Gasteiger partial charge in [0.05, 0.1) is 26.9 Å². The molecule has 0 unspecified atom stereocenters. The minimum Gasteiger partial charge on any atom is -0.495 e. The van der Waals surface area contributed by atoms with Gasteiger partial charge >= 0.3 is 5.97 Å². The van der Waals surface area contributed by atoms with E-state index >= 15 is 0 Å². The molecule has 0 atom stereocenters. The quantitative estimate of drug-likeness (QED) is 0.783. The summed E-state index contributed by atoms with van der Waals surface area (Å²) in [5, 5.41) is 9.39. The first-order valence-corrected chi connectivity index (χ1v) is 6.64. The molecular weight excluding hydrogens is 284 g/mol. The fourth-order valence-electron chi connectivity index (χ4n) is 1.48. The van der Waals surface area contributed by atoms with Gasteiger partial charge in [-0.15, -0.1) is 0 Å². The molecule has 1 N–H and O–H groups in total. The molecule has 5 nitrogen and oxygen atoms in total. The molecule has 0 saturated carbocycles. The van der Waals surface area contributed by atoms with Gasteiger partial charge in [-0.1, -0.05) is 25.4 Å². The average Bonchev–Trinajstić information content (AvgIpc) is 2.45. The predicted octanol–water partition coefficient (Wildman–Crippen LogP) is 3.24. The van der Waals surface area contributed by atoms with Gasteiger partial charge in [0, 0.05) is 17.7 Å². The van der Waals surface area contributed by atoms with E-state index in [1.807, 2.05) is 13.8 Å². The monoisotopic (exact) mass is 304 g/mol. The third-order valence-corrected chi connectivity index (χ3v) is 2.47. The molecule has 0 aromatic heterocycles. The summed E-state index contributed by atoms with van der Waals surface area (Å²) in [5.74, 6) is -0.822. The fourth-order valence-corrected chi connectivity index (χ4v) is 1.72. The number of halogens is 1. The Kier molecular flexibility index (Phi) is 9.80. The first-order valence-electron chi connectivity index (χ1n) is 6.26. The molecule has 1 aromatic carbocycles. The maximum absolute atomic E-state index is 11.1. The van der Waals surface area contributed by atoms with E-state index in [4.69, 9.17) is 30.9 Å². The minimum atomic E-state index is -1.09. The van der Waals surface area contributed by atoms with E-state index < -0.39 is 5.97 Å². The van der Waals surface area contributed by atoms with Crippen LogP contribution in [0.5, 0.6) is 5.75 Å². The molecule has 1 rings (SSSR count). The van der Waals surface area contributed by atoms with Crippen LogP contribution < -0.4 is 4.74 Å². The molecule has 20 heavy (non-hydrogen) atoms. The average molecular weight is 305 g/mol. The summed E-state index contributed by atoms with van der Waals surface area (Å²) in [6.45, 7) is 5.09. The van der Waals surface area contributed by atoms with Crippen LogP contribution in [-0.2, 0) is 16.1 Å². The largest absolute Gasteiger partial charge is 0.495 e. The van der Waals surface area contributed by atoms with Crippen LogP contribution in [-0.4, -0.2) is 38.5 Å². The number of carbonyl (C=O) groups is 1. The van der Waals surface area contributed by atoms with E-state index in [0.29, 0.717) is 23.8 Å². The van der Waals surface area contributed by atoms with Gasteiger partial charge in [0.25, 0.3) is 0 Å². The molecule has 0 aliphatic carbocycles. The maximum Gasteiger partial charge on any atom is 0.339 e. The SMILES string of the molecule is CC.COCCOCc1cc(Cl)cc(C(=O)O)c1OC. The van der Waals surface area contributed by atoms with Crippen molar-refractivity contribution in [3.63, 3.8) is 0 Å². The Balaban J connectivity index is 0.00000172. The molecule has 6 heteroatoms. The molecule has 0 spiro atoms. The van der Waals surface area contributed by atoms with Gasteiger partial charge in [-0.25, -0.2) is 4.79 Å². The van der Waals surface area contributed by atoms with Gasteiger partial charge in [0.15, 0.2) is 0 Å². The minimum absolute atomic E-state index is 0.0235. The van der Waals surface area contributed by atoms with Crippen LogP contribution in [0.1, 0.15) is 29.8 Å². The number of methoxy groups -OCH3 is 2. The van der Waals surface area contributed by atoms with Crippen LogP contribution in [0.4, 0.5) is 0 Å². The summed E-state index contributed by atoms with van der Waals surface area (Å²) in [4.78, 5) is 11.1. The van der Waals surface area contributed by atoms with Crippen molar-refractivity contribution >= 4 is 17.6 Å². The highest BCUT2D eigenvalue weighted by Gasteiger charge is 2.16. The van der Waals surface area contributed by atoms with Crippen LogP contribution >= 0.6 is 11.6 Å². The zero-order valence-corrected chi connectivity index (χ0v) is 13.0. The molecule has 0 bridgehead atoms. The predicted molar refractivity (Wildman–Crippen MR) is 77.8 cm³/mol. The van der Waals surface area contributed by atoms with E-state index in [1.54, 1.807) is 13.2 Å². The molecule has 0 aliphatic heterocycles. The molecule has 0 amide bonds. The second kappa shape index (κ2) is 10.5. The Morgan fingerprint density at radius 1 is 1.25 bits per heavy atom. The Bertz CT molecular complexity index is 420. The number of benzene rings is 1. The van der Waals surface area contributed by atoms with E-state index in [1.165, 1.54) is 13.2 Å². The van der Waals surface area contributed by atoms with Crippen molar-refractivity contribution in [2.24, 2.45) is 0 Å². The lowest BCUT2D eigenvalue weighted by molar-refractivity contribution is 0.0603. The van der Waals surface area contributed by atoms with Gasteiger partial charge in [0.2, 0.25) is 0 Å². The van der Waals surface area contributed by atoms with E-state index in [-0.39, 0.29) is 17.9 Å². The number of hydrogen-bond donors (Lipinski definition) is 1. The van der Waals surface area contributed by atoms with Crippen molar-refractivity contribution in [2.45, 2.75) is 20.5 Å². The first kappa shape index (κ1) is 18.7. The fraction of sp³-hybridized carbons (Fsp3) is 0.500. The van der Waals surface area contributed by atoms with Crippen LogP contribution in [0.25, 0.3) is 0 Å². The van der Waals surface area contributed by atoms with Crippen molar-refractivity contribution in [1.82, 2.24) is 0 Å². The lowest BCUT2D eigenvalue weighted by atomic mass is 10.1. The van der Waals surface area contributed by atoms with Crippen LogP contribution in [0.2, 0.25) is 5.02 Å². The molecule has 0 aliphatic rings. The standard InChI is InChI=1S/C12H15ClO5.C2H6/c1-16-3-4-18-7-8-5-9(13)6-10(12(14)15)11(8)17-2;1-2/h5-6H,3-4,7H2,1-2H3,(H,14,15);1-2H3. The highest BCUT2D eigenvalue weighted by atomic mass is 35.5. The van der Waals surface area contributed by atoms with Gasteiger partial charge in [-0.3, -0.25) is 0 Å². The number of hydrogen-bond acceptors (Lipinski definition) is 4. The molecule has 0 heterocycles. The molecule has 0 fully saturated rings. The number of carboxylic acids is 1. The lowest BCUT2D eigenvalue weighted by Gasteiger charge is -2.12. The van der Waals surface area contributed by atoms with Crippen LogP contribution in [0.3, 0.4) is 0 Å². The van der Waals surface area contributed by atoms with Gasteiger partial charge in [-0.05, 0) is 12.1 Å². The molecular formula is C14H21ClO5. The highest BCUT2D eigenvalue weighted by Crippen LogP contribution is 2.28. The Morgan fingerprint density at radius 2 is 1.90 bits per heavy atom. The zero-order valence-electron chi connectivity index (χ0n) is 12.2.